The zero-order chi connectivity index (χ0) is 14.8. The predicted octanol–water partition coefficient (Wildman–Crippen LogP) is 3.96. The van der Waals surface area contributed by atoms with E-state index in [2.05, 4.69) is 37.1 Å². The van der Waals surface area contributed by atoms with Crippen LogP contribution in [0.2, 0.25) is 0 Å². The Morgan fingerprint density at radius 3 is 2.86 bits per heavy atom. The zero-order valence-electron chi connectivity index (χ0n) is 13.0. The van der Waals surface area contributed by atoms with Crippen LogP contribution in [0.5, 0.6) is 0 Å². The van der Waals surface area contributed by atoms with Crippen LogP contribution in [-0.4, -0.2) is 16.0 Å². The maximum absolute atomic E-state index is 4.93. The molecule has 2 aromatic rings. The molecule has 3 rings (SSSR count). The third-order valence-electron chi connectivity index (χ3n) is 3.76. The lowest BCUT2D eigenvalue weighted by molar-refractivity contribution is 0.624. The highest BCUT2D eigenvalue weighted by Crippen LogP contribution is 2.31. The number of nitrogens with one attached hydrogen (secondary N) is 1. The Morgan fingerprint density at radius 1 is 1.38 bits per heavy atom. The monoisotopic (exact) mass is 301 g/mol. The van der Waals surface area contributed by atoms with Crippen molar-refractivity contribution in [1.82, 2.24) is 15.3 Å². The molecule has 2 heterocycles. The Labute approximate surface area is 130 Å². The van der Waals surface area contributed by atoms with E-state index >= 15 is 0 Å². The maximum Gasteiger partial charge on any atom is 0.124 e. The predicted molar refractivity (Wildman–Crippen MR) is 88.5 cm³/mol. The van der Waals surface area contributed by atoms with Gasteiger partial charge in [-0.1, -0.05) is 13.8 Å². The van der Waals surface area contributed by atoms with Gasteiger partial charge >= 0.3 is 0 Å². The molecule has 0 atom stereocenters. The highest BCUT2D eigenvalue weighted by Gasteiger charge is 2.22. The van der Waals surface area contributed by atoms with Gasteiger partial charge in [0.25, 0.3) is 0 Å². The summed E-state index contributed by atoms with van der Waals surface area (Å²) < 4.78 is 0. The van der Waals surface area contributed by atoms with Gasteiger partial charge in [-0.2, -0.15) is 0 Å². The van der Waals surface area contributed by atoms with Crippen LogP contribution in [0, 0.1) is 12.8 Å². The molecule has 0 aromatic carbocycles. The van der Waals surface area contributed by atoms with Crippen molar-refractivity contribution in [2.75, 3.05) is 0 Å². The molecular weight excluding hydrogens is 278 g/mol. The van der Waals surface area contributed by atoms with E-state index in [1.807, 2.05) is 23.7 Å². The standard InChI is InChI=1S/C17H23N3S/c1-11(2)8-15-16(10-19-13-4-5-13)21-17(20-15)14-6-7-18-9-12(14)3/h6-7,9,11,13,19H,4-5,8,10H2,1-3H3. The lowest BCUT2D eigenvalue weighted by Crippen LogP contribution is -2.15. The van der Waals surface area contributed by atoms with Gasteiger partial charge in [0, 0.05) is 35.4 Å². The van der Waals surface area contributed by atoms with Crippen LogP contribution in [0.15, 0.2) is 18.5 Å². The van der Waals surface area contributed by atoms with Crippen LogP contribution < -0.4 is 5.32 Å². The van der Waals surface area contributed by atoms with Gasteiger partial charge < -0.3 is 5.32 Å². The summed E-state index contributed by atoms with van der Waals surface area (Å²) in [4.78, 5) is 10.5. The van der Waals surface area contributed by atoms with E-state index < -0.39 is 0 Å². The fourth-order valence-electron chi connectivity index (χ4n) is 2.42. The van der Waals surface area contributed by atoms with Crippen molar-refractivity contribution in [3.8, 4) is 10.6 Å². The highest BCUT2D eigenvalue weighted by atomic mass is 32.1. The van der Waals surface area contributed by atoms with E-state index in [0.29, 0.717) is 5.92 Å². The minimum absolute atomic E-state index is 0.637. The van der Waals surface area contributed by atoms with Crippen LogP contribution >= 0.6 is 11.3 Å². The molecule has 1 fully saturated rings. The normalized spacial score (nSPS) is 14.9. The van der Waals surface area contributed by atoms with Crippen LogP contribution in [0.25, 0.3) is 10.6 Å². The van der Waals surface area contributed by atoms with Crippen LogP contribution in [0.3, 0.4) is 0 Å². The van der Waals surface area contributed by atoms with Crippen molar-refractivity contribution in [3.63, 3.8) is 0 Å². The first kappa shape index (κ1) is 14.7. The molecule has 0 bridgehead atoms. The van der Waals surface area contributed by atoms with Gasteiger partial charge in [0.05, 0.1) is 5.69 Å². The van der Waals surface area contributed by atoms with Crippen molar-refractivity contribution in [2.24, 2.45) is 5.92 Å². The van der Waals surface area contributed by atoms with Gasteiger partial charge in [0.2, 0.25) is 0 Å². The van der Waals surface area contributed by atoms with Crippen molar-refractivity contribution in [3.05, 3.63) is 34.6 Å². The second-order valence-electron chi connectivity index (χ2n) is 6.33. The molecule has 21 heavy (non-hydrogen) atoms. The summed E-state index contributed by atoms with van der Waals surface area (Å²) >= 11 is 1.84. The molecular formula is C17H23N3S. The Balaban J connectivity index is 1.88. The quantitative estimate of drug-likeness (QED) is 0.877. The molecule has 4 heteroatoms. The summed E-state index contributed by atoms with van der Waals surface area (Å²) in [7, 11) is 0. The Morgan fingerprint density at radius 2 is 2.19 bits per heavy atom. The molecule has 0 spiro atoms. The molecule has 1 saturated carbocycles. The number of rotatable bonds is 6. The number of aryl methyl sites for hydroxylation is 1. The summed E-state index contributed by atoms with van der Waals surface area (Å²) in [5, 5.41) is 4.76. The van der Waals surface area contributed by atoms with Crippen LogP contribution in [-0.2, 0) is 13.0 Å². The number of hydrogen-bond donors (Lipinski definition) is 1. The van der Waals surface area contributed by atoms with E-state index in [0.717, 1.165) is 24.0 Å². The van der Waals surface area contributed by atoms with E-state index in [4.69, 9.17) is 4.98 Å². The molecule has 0 aliphatic heterocycles. The molecule has 0 amide bonds. The first-order valence-electron chi connectivity index (χ1n) is 7.76. The smallest absolute Gasteiger partial charge is 0.124 e. The average molecular weight is 301 g/mol. The summed E-state index contributed by atoms with van der Waals surface area (Å²) in [6.45, 7) is 7.59. The number of aromatic nitrogens is 2. The summed E-state index contributed by atoms with van der Waals surface area (Å²) in [5.74, 6) is 0.637. The number of hydrogen-bond acceptors (Lipinski definition) is 4. The molecule has 3 nitrogen and oxygen atoms in total. The molecule has 1 N–H and O–H groups in total. The van der Waals surface area contributed by atoms with Crippen LogP contribution in [0.1, 0.15) is 42.8 Å². The second-order valence-corrected chi connectivity index (χ2v) is 7.42. The van der Waals surface area contributed by atoms with E-state index in [1.165, 1.54) is 34.5 Å². The molecule has 0 unspecified atom stereocenters. The van der Waals surface area contributed by atoms with E-state index in [9.17, 15) is 0 Å². The van der Waals surface area contributed by atoms with Gasteiger partial charge in [-0.25, -0.2) is 4.98 Å². The summed E-state index contributed by atoms with van der Waals surface area (Å²) in [5.41, 5.74) is 3.69. The molecule has 2 aromatic heterocycles. The molecule has 0 saturated heterocycles. The van der Waals surface area contributed by atoms with Crippen molar-refractivity contribution in [2.45, 2.75) is 52.6 Å². The number of thiazole rings is 1. The summed E-state index contributed by atoms with van der Waals surface area (Å²) in [6.07, 6.45) is 7.49. The molecule has 112 valence electrons. The van der Waals surface area contributed by atoms with Crippen molar-refractivity contribution < 1.29 is 0 Å². The fourth-order valence-corrected chi connectivity index (χ4v) is 3.55. The Kier molecular flexibility index (Phi) is 4.36. The molecule has 0 radical (unpaired) electrons. The Hall–Kier alpha value is -1.26. The van der Waals surface area contributed by atoms with Crippen molar-refractivity contribution >= 4 is 11.3 Å². The van der Waals surface area contributed by atoms with Gasteiger partial charge in [0.1, 0.15) is 5.01 Å². The third kappa shape index (κ3) is 3.69. The largest absolute Gasteiger partial charge is 0.309 e. The first-order valence-corrected chi connectivity index (χ1v) is 8.58. The lowest BCUT2D eigenvalue weighted by atomic mass is 10.1. The number of pyridine rings is 1. The third-order valence-corrected chi connectivity index (χ3v) is 4.89. The molecule has 1 aliphatic carbocycles. The van der Waals surface area contributed by atoms with Crippen molar-refractivity contribution in [1.29, 1.82) is 0 Å². The summed E-state index contributed by atoms with van der Waals surface area (Å²) in [6, 6.07) is 2.82. The van der Waals surface area contributed by atoms with Gasteiger partial charge in [0.15, 0.2) is 0 Å². The minimum atomic E-state index is 0.637. The van der Waals surface area contributed by atoms with E-state index in [1.54, 1.807) is 0 Å². The zero-order valence-corrected chi connectivity index (χ0v) is 13.8. The second kappa shape index (κ2) is 6.24. The molecule has 1 aliphatic rings. The van der Waals surface area contributed by atoms with Crippen LogP contribution in [0.4, 0.5) is 0 Å². The lowest BCUT2D eigenvalue weighted by Gasteiger charge is -2.05. The fraction of sp³-hybridized carbons (Fsp3) is 0.529. The maximum atomic E-state index is 4.93. The topological polar surface area (TPSA) is 37.8 Å². The van der Waals surface area contributed by atoms with Gasteiger partial charge in [-0.3, -0.25) is 4.98 Å². The Bertz CT molecular complexity index is 614. The minimum Gasteiger partial charge on any atom is -0.309 e. The average Bonchev–Trinajstić information content (AvgIpc) is 3.19. The highest BCUT2D eigenvalue weighted by molar-refractivity contribution is 7.15. The first-order chi connectivity index (χ1) is 10.1. The van der Waals surface area contributed by atoms with E-state index in [-0.39, 0.29) is 0 Å². The number of nitrogens with zero attached hydrogens (tertiary/aromatic N) is 2. The SMILES string of the molecule is Cc1cnccc1-c1nc(CC(C)C)c(CNC2CC2)s1. The van der Waals surface area contributed by atoms with Gasteiger partial charge in [-0.15, -0.1) is 11.3 Å². The van der Waals surface area contributed by atoms with Gasteiger partial charge in [-0.05, 0) is 43.7 Å².